The monoisotopic (exact) mass is 353 g/mol. The molecule has 1 saturated heterocycles. The third kappa shape index (κ3) is 4.72. The van der Waals surface area contributed by atoms with E-state index < -0.39 is 5.25 Å². The second-order valence-corrected chi connectivity index (χ2v) is 7.05. The highest BCUT2D eigenvalue weighted by Gasteiger charge is 2.32. The topological polar surface area (TPSA) is 70.6 Å². The first-order valence-electron chi connectivity index (χ1n) is 7.51. The summed E-state index contributed by atoms with van der Waals surface area (Å²) in [6, 6.07) is 5.49. The Morgan fingerprint density at radius 3 is 2.96 bits per heavy atom. The molecule has 0 unspecified atom stereocenters. The predicted molar refractivity (Wildman–Crippen MR) is 96.1 cm³/mol. The zero-order valence-electron chi connectivity index (χ0n) is 13.4. The van der Waals surface area contributed by atoms with Gasteiger partial charge < -0.3 is 10.6 Å². The van der Waals surface area contributed by atoms with Gasteiger partial charge >= 0.3 is 0 Å². The van der Waals surface area contributed by atoms with E-state index in [1.54, 1.807) is 18.2 Å². The molecule has 0 spiro atoms. The Bertz CT molecular complexity index is 648. The van der Waals surface area contributed by atoms with E-state index in [9.17, 15) is 9.59 Å². The number of carbonyl (C=O) groups is 2. The van der Waals surface area contributed by atoms with Gasteiger partial charge in [-0.25, -0.2) is 0 Å². The van der Waals surface area contributed by atoms with Crippen molar-refractivity contribution >= 4 is 46.0 Å². The molecular weight excluding hydrogens is 334 g/mol. The smallest absolute Gasteiger partial charge is 0.240 e. The van der Waals surface area contributed by atoms with Gasteiger partial charge in [-0.1, -0.05) is 36.4 Å². The standard InChI is InChI=1S/C16H20ClN3O2S/c1-4-9(2)18-16-20-15(22)13(23-16)8-14(21)19-12-7-5-6-11(17)10(12)3/h5-7,9,13H,4,8H2,1-3H3,(H,19,21)(H,18,20,22)/t9-,13+/m0/s1. The van der Waals surface area contributed by atoms with Crippen molar-refractivity contribution < 1.29 is 9.59 Å². The van der Waals surface area contributed by atoms with Crippen LogP contribution in [-0.4, -0.2) is 28.3 Å². The Labute approximate surface area is 145 Å². The highest BCUT2D eigenvalue weighted by molar-refractivity contribution is 8.15. The zero-order valence-corrected chi connectivity index (χ0v) is 14.9. The summed E-state index contributed by atoms with van der Waals surface area (Å²) in [5, 5.41) is 6.29. The Kier molecular flexibility index (Phi) is 6.07. The maximum absolute atomic E-state index is 12.2. The van der Waals surface area contributed by atoms with Gasteiger partial charge in [0.1, 0.15) is 5.25 Å². The molecule has 1 aliphatic heterocycles. The molecule has 0 saturated carbocycles. The van der Waals surface area contributed by atoms with Crippen LogP contribution in [-0.2, 0) is 9.59 Å². The van der Waals surface area contributed by atoms with Gasteiger partial charge in [0.05, 0.1) is 0 Å². The van der Waals surface area contributed by atoms with Crippen LogP contribution in [0.3, 0.4) is 0 Å². The van der Waals surface area contributed by atoms with E-state index in [0.29, 0.717) is 15.9 Å². The van der Waals surface area contributed by atoms with E-state index in [1.807, 2.05) is 20.8 Å². The van der Waals surface area contributed by atoms with Crippen molar-refractivity contribution in [2.45, 2.75) is 44.9 Å². The summed E-state index contributed by atoms with van der Waals surface area (Å²) < 4.78 is 0. The van der Waals surface area contributed by atoms with Crippen LogP contribution in [0.5, 0.6) is 0 Å². The number of nitrogens with one attached hydrogen (secondary N) is 2. The van der Waals surface area contributed by atoms with Gasteiger partial charge in [-0.2, -0.15) is 0 Å². The number of anilines is 1. The van der Waals surface area contributed by atoms with E-state index in [0.717, 1.165) is 12.0 Å². The molecule has 124 valence electrons. The molecule has 1 fully saturated rings. The number of amidine groups is 1. The highest BCUT2D eigenvalue weighted by atomic mass is 35.5. The van der Waals surface area contributed by atoms with Gasteiger partial charge in [0.15, 0.2) is 5.17 Å². The van der Waals surface area contributed by atoms with Crippen LogP contribution in [0.25, 0.3) is 0 Å². The van der Waals surface area contributed by atoms with Crippen molar-refractivity contribution in [1.29, 1.82) is 0 Å². The van der Waals surface area contributed by atoms with E-state index in [2.05, 4.69) is 15.6 Å². The molecule has 0 bridgehead atoms. The lowest BCUT2D eigenvalue weighted by Crippen LogP contribution is -2.28. The van der Waals surface area contributed by atoms with E-state index in [1.165, 1.54) is 11.8 Å². The summed E-state index contributed by atoms with van der Waals surface area (Å²) in [4.78, 5) is 28.5. The number of halogens is 1. The average Bonchev–Trinajstić information content (AvgIpc) is 2.83. The molecule has 1 aromatic carbocycles. The number of hydrogen-bond donors (Lipinski definition) is 2. The molecule has 1 aliphatic rings. The van der Waals surface area contributed by atoms with Gasteiger partial charge in [0.25, 0.3) is 0 Å². The number of carbonyl (C=O) groups excluding carboxylic acids is 2. The molecule has 0 aromatic heterocycles. The summed E-state index contributed by atoms with van der Waals surface area (Å²) in [6.07, 6.45) is 1.00. The number of rotatable bonds is 5. The minimum atomic E-state index is -0.447. The maximum Gasteiger partial charge on any atom is 0.240 e. The van der Waals surface area contributed by atoms with Crippen molar-refractivity contribution in [2.75, 3.05) is 5.32 Å². The molecule has 2 rings (SSSR count). The van der Waals surface area contributed by atoms with Gasteiger partial charge in [0.2, 0.25) is 11.8 Å². The van der Waals surface area contributed by atoms with Crippen molar-refractivity contribution in [3.8, 4) is 0 Å². The Morgan fingerprint density at radius 2 is 2.26 bits per heavy atom. The number of nitrogens with zero attached hydrogens (tertiary/aromatic N) is 1. The first-order chi connectivity index (χ1) is 10.9. The highest BCUT2D eigenvalue weighted by Crippen LogP contribution is 2.26. The minimum absolute atomic E-state index is 0.0992. The minimum Gasteiger partial charge on any atom is -0.326 e. The van der Waals surface area contributed by atoms with Crippen LogP contribution in [0.1, 0.15) is 32.3 Å². The summed E-state index contributed by atoms with van der Waals surface area (Å²) in [6.45, 7) is 5.86. The van der Waals surface area contributed by atoms with Crippen LogP contribution in [0.15, 0.2) is 23.2 Å². The number of thioether (sulfide) groups is 1. The predicted octanol–water partition coefficient (Wildman–Crippen LogP) is 3.36. The van der Waals surface area contributed by atoms with Gasteiger partial charge in [-0.15, -0.1) is 0 Å². The second kappa shape index (κ2) is 7.84. The maximum atomic E-state index is 12.2. The first kappa shape index (κ1) is 17.8. The zero-order chi connectivity index (χ0) is 17.0. The molecule has 5 nitrogen and oxygen atoms in total. The molecule has 1 aromatic rings. The van der Waals surface area contributed by atoms with Crippen LogP contribution in [0.2, 0.25) is 5.02 Å². The number of benzene rings is 1. The molecular formula is C16H20ClN3O2S. The SMILES string of the molecule is CC[C@H](C)N=C1NC(=O)[C@@H](CC(=O)Nc2cccc(Cl)c2C)S1. The quantitative estimate of drug-likeness (QED) is 0.852. The van der Waals surface area contributed by atoms with E-state index in [-0.39, 0.29) is 24.3 Å². The molecule has 7 heteroatoms. The fourth-order valence-corrected chi connectivity index (χ4v) is 3.25. The first-order valence-corrected chi connectivity index (χ1v) is 8.76. The molecule has 0 radical (unpaired) electrons. The lowest BCUT2D eigenvalue weighted by atomic mass is 10.2. The molecule has 2 amide bonds. The van der Waals surface area contributed by atoms with Crippen molar-refractivity contribution in [2.24, 2.45) is 4.99 Å². The van der Waals surface area contributed by atoms with Gasteiger partial charge in [0, 0.05) is 23.2 Å². The summed E-state index contributed by atoms with van der Waals surface area (Å²) in [7, 11) is 0. The lowest BCUT2D eigenvalue weighted by molar-refractivity contribution is -0.122. The normalized spacial score (nSPS) is 20.4. The van der Waals surface area contributed by atoms with Crippen LogP contribution in [0, 0.1) is 6.92 Å². The molecule has 2 atom stereocenters. The number of amides is 2. The van der Waals surface area contributed by atoms with Crippen molar-refractivity contribution in [1.82, 2.24) is 5.32 Å². The summed E-state index contributed by atoms with van der Waals surface area (Å²) in [5.41, 5.74) is 1.48. The number of hydrogen-bond acceptors (Lipinski definition) is 4. The molecule has 0 aliphatic carbocycles. The molecule has 1 heterocycles. The summed E-state index contributed by atoms with van der Waals surface area (Å²) in [5.74, 6) is -0.386. The van der Waals surface area contributed by atoms with E-state index in [4.69, 9.17) is 11.6 Å². The van der Waals surface area contributed by atoms with Gasteiger partial charge in [-0.3, -0.25) is 14.6 Å². The summed E-state index contributed by atoms with van der Waals surface area (Å²) >= 11 is 7.35. The third-order valence-corrected chi connectivity index (χ3v) is 5.12. The van der Waals surface area contributed by atoms with Crippen LogP contribution in [0.4, 0.5) is 5.69 Å². The Hall–Kier alpha value is -1.53. The van der Waals surface area contributed by atoms with Crippen molar-refractivity contribution in [3.05, 3.63) is 28.8 Å². The average molecular weight is 354 g/mol. The fraction of sp³-hybridized carbons (Fsp3) is 0.438. The molecule has 2 N–H and O–H groups in total. The Balaban J connectivity index is 1.97. The Morgan fingerprint density at radius 1 is 1.52 bits per heavy atom. The van der Waals surface area contributed by atoms with Gasteiger partial charge in [-0.05, 0) is 38.0 Å². The van der Waals surface area contributed by atoms with E-state index >= 15 is 0 Å². The largest absolute Gasteiger partial charge is 0.326 e. The lowest BCUT2D eigenvalue weighted by Gasteiger charge is -2.10. The number of aliphatic imine (C=N–C) groups is 1. The third-order valence-electron chi connectivity index (χ3n) is 3.62. The van der Waals surface area contributed by atoms with Crippen LogP contribution >= 0.6 is 23.4 Å². The second-order valence-electron chi connectivity index (χ2n) is 5.45. The van der Waals surface area contributed by atoms with Crippen molar-refractivity contribution in [3.63, 3.8) is 0 Å². The molecule has 23 heavy (non-hydrogen) atoms. The van der Waals surface area contributed by atoms with Crippen LogP contribution < -0.4 is 10.6 Å². The fourth-order valence-electron chi connectivity index (χ4n) is 2.00.